The fourth-order valence-corrected chi connectivity index (χ4v) is 2.52. The minimum Gasteiger partial charge on any atom is -0.385 e. The molecule has 120 valence electrons. The van der Waals surface area contributed by atoms with E-state index >= 15 is 0 Å². The van der Waals surface area contributed by atoms with E-state index in [0.29, 0.717) is 17.8 Å². The van der Waals surface area contributed by atoms with Crippen molar-refractivity contribution in [3.05, 3.63) is 35.6 Å². The third kappa shape index (κ3) is 7.05. The Bertz CT molecular complexity index is 395. The molecule has 0 spiro atoms. The van der Waals surface area contributed by atoms with Crippen molar-refractivity contribution in [2.75, 3.05) is 26.8 Å². The second-order valence-electron chi connectivity index (χ2n) is 6.37. The third-order valence-corrected chi connectivity index (χ3v) is 3.98. The molecule has 0 aliphatic rings. The molecule has 2 atom stereocenters. The monoisotopic (exact) mass is 295 g/mol. The first-order valence-corrected chi connectivity index (χ1v) is 7.97. The van der Waals surface area contributed by atoms with Crippen molar-refractivity contribution in [3.63, 3.8) is 0 Å². The highest BCUT2D eigenvalue weighted by molar-refractivity contribution is 5.18. The topological polar surface area (TPSA) is 21.3 Å². The molecule has 1 aromatic rings. The molecular weight excluding hydrogens is 265 g/mol. The highest BCUT2D eigenvalue weighted by Gasteiger charge is 2.19. The van der Waals surface area contributed by atoms with Gasteiger partial charge in [0.25, 0.3) is 0 Å². The standard InChI is InChI=1S/C18H30FNO/c1-14(2)12-20-13-17(15(3)9-10-21-4)11-16-7-5-6-8-18(16)19/h5-8,14-15,17,20H,9-13H2,1-4H3. The van der Waals surface area contributed by atoms with Crippen LogP contribution < -0.4 is 5.32 Å². The molecule has 0 saturated heterocycles. The van der Waals surface area contributed by atoms with Gasteiger partial charge in [0, 0.05) is 13.7 Å². The predicted octanol–water partition coefficient (Wildman–Crippen LogP) is 3.90. The molecule has 1 rings (SSSR count). The molecule has 1 aromatic carbocycles. The normalized spacial score (nSPS) is 14.4. The van der Waals surface area contributed by atoms with Gasteiger partial charge in [-0.15, -0.1) is 0 Å². The van der Waals surface area contributed by atoms with Crippen LogP contribution in [0, 0.1) is 23.6 Å². The molecule has 0 aliphatic carbocycles. The Balaban J connectivity index is 2.64. The van der Waals surface area contributed by atoms with E-state index < -0.39 is 0 Å². The van der Waals surface area contributed by atoms with Crippen LogP contribution >= 0.6 is 0 Å². The van der Waals surface area contributed by atoms with E-state index in [4.69, 9.17) is 4.74 Å². The Morgan fingerprint density at radius 2 is 1.86 bits per heavy atom. The molecule has 21 heavy (non-hydrogen) atoms. The first-order valence-electron chi connectivity index (χ1n) is 7.97. The van der Waals surface area contributed by atoms with Crippen LogP contribution in [0.1, 0.15) is 32.8 Å². The second kappa shape index (κ2) is 9.91. The van der Waals surface area contributed by atoms with Crippen LogP contribution in [0.5, 0.6) is 0 Å². The number of ether oxygens (including phenoxy) is 1. The lowest BCUT2D eigenvalue weighted by Gasteiger charge is -2.25. The summed E-state index contributed by atoms with van der Waals surface area (Å²) in [5.41, 5.74) is 0.818. The molecule has 2 nitrogen and oxygen atoms in total. The molecule has 2 unspecified atom stereocenters. The largest absolute Gasteiger partial charge is 0.385 e. The van der Waals surface area contributed by atoms with Crippen molar-refractivity contribution in [2.24, 2.45) is 17.8 Å². The first-order chi connectivity index (χ1) is 10.0. The third-order valence-electron chi connectivity index (χ3n) is 3.98. The van der Waals surface area contributed by atoms with Gasteiger partial charge in [0.1, 0.15) is 5.82 Å². The summed E-state index contributed by atoms with van der Waals surface area (Å²) in [4.78, 5) is 0. The van der Waals surface area contributed by atoms with Crippen LogP contribution in [0.3, 0.4) is 0 Å². The summed E-state index contributed by atoms with van der Waals surface area (Å²) in [6.45, 7) is 9.34. The van der Waals surface area contributed by atoms with Gasteiger partial charge in [-0.05, 0) is 55.3 Å². The Hall–Kier alpha value is -0.930. The van der Waals surface area contributed by atoms with E-state index in [1.165, 1.54) is 0 Å². The van der Waals surface area contributed by atoms with Gasteiger partial charge in [-0.3, -0.25) is 0 Å². The Morgan fingerprint density at radius 1 is 1.14 bits per heavy atom. The van der Waals surface area contributed by atoms with Crippen molar-refractivity contribution in [2.45, 2.75) is 33.6 Å². The van der Waals surface area contributed by atoms with Gasteiger partial charge in [0.05, 0.1) is 0 Å². The summed E-state index contributed by atoms with van der Waals surface area (Å²) in [5, 5.41) is 3.52. The Labute approximate surface area is 129 Å². The van der Waals surface area contributed by atoms with E-state index in [2.05, 4.69) is 26.1 Å². The summed E-state index contributed by atoms with van der Waals surface area (Å²) in [5.74, 6) is 1.47. The van der Waals surface area contributed by atoms with Gasteiger partial charge in [-0.25, -0.2) is 4.39 Å². The molecule has 1 N–H and O–H groups in total. The van der Waals surface area contributed by atoms with Gasteiger partial charge < -0.3 is 10.1 Å². The Kier molecular flexibility index (Phi) is 8.55. The molecule has 0 fully saturated rings. The number of rotatable bonds is 10. The summed E-state index contributed by atoms with van der Waals surface area (Å²) in [6, 6.07) is 7.11. The van der Waals surface area contributed by atoms with Crippen LogP contribution in [-0.4, -0.2) is 26.8 Å². The molecule has 3 heteroatoms. The molecular formula is C18H30FNO. The number of methoxy groups -OCH3 is 1. The summed E-state index contributed by atoms with van der Waals surface area (Å²) < 4.78 is 19.1. The second-order valence-corrected chi connectivity index (χ2v) is 6.37. The highest BCUT2D eigenvalue weighted by Crippen LogP contribution is 2.21. The maximum Gasteiger partial charge on any atom is 0.126 e. The summed E-state index contributed by atoms with van der Waals surface area (Å²) in [6.07, 6.45) is 1.79. The van der Waals surface area contributed by atoms with Crippen molar-refractivity contribution < 1.29 is 9.13 Å². The average Bonchev–Trinajstić information content (AvgIpc) is 2.45. The number of halogens is 1. The van der Waals surface area contributed by atoms with Crippen molar-refractivity contribution in [1.29, 1.82) is 0 Å². The first kappa shape index (κ1) is 18.1. The highest BCUT2D eigenvalue weighted by atomic mass is 19.1. The van der Waals surface area contributed by atoms with Crippen LogP contribution in [0.2, 0.25) is 0 Å². The molecule has 0 heterocycles. The van der Waals surface area contributed by atoms with Crippen LogP contribution in [0.4, 0.5) is 4.39 Å². The fourth-order valence-electron chi connectivity index (χ4n) is 2.52. The summed E-state index contributed by atoms with van der Waals surface area (Å²) in [7, 11) is 1.73. The van der Waals surface area contributed by atoms with Crippen molar-refractivity contribution in [1.82, 2.24) is 5.32 Å². The van der Waals surface area contributed by atoms with E-state index in [-0.39, 0.29) is 5.82 Å². The SMILES string of the molecule is COCCC(C)C(CNCC(C)C)Cc1ccccc1F. The van der Waals surface area contributed by atoms with Gasteiger partial charge >= 0.3 is 0 Å². The van der Waals surface area contributed by atoms with Crippen LogP contribution in [-0.2, 0) is 11.2 Å². The lowest BCUT2D eigenvalue weighted by molar-refractivity contribution is 0.163. The lowest BCUT2D eigenvalue weighted by atomic mass is 9.85. The molecule has 0 aliphatic heterocycles. The number of benzene rings is 1. The maximum atomic E-state index is 13.9. The number of nitrogens with one attached hydrogen (secondary N) is 1. The minimum absolute atomic E-state index is 0.0923. The van der Waals surface area contributed by atoms with Crippen LogP contribution in [0.15, 0.2) is 24.3 Å². The average molecular weight is 295 g/mol. The Morgan fingerprint density at radius 3 is 2.48 bits per heavy atom. The molecule has 0 saturated carbocycles. The zero-order chi connectivity index (χ0) is 15.7. The molecule has 0 amide bonds. The van der Waals surface area contributed by atoms with Gasteiger partial charge in [-0.2, -0.15) is 0 Å². The fraction of sp³-hybridized carbons (Fsp3) is 0.667. The lowest BCUT2D eigenvalue weighted by Crippen LogP contribution is -2.31. The zero-order valence-electron chi connectivity index (χ0n) is 13.9. The van der Waals surface area contributed by atoms with E-state index in [9.17, 15) is 4.39 Å². The predicted molar refractivity (Wildman–Crippen MR) is 87.0 cm³/mol. The number of hydrogen-bond donors (Lipinski definition) is 1. The van der Waals surface area contributed by atoms with Gasteiger partial charge in [0.2, 0.25) is 0 Å². The van der Waals surface area contributed by atoms with Gasteiger partial charge in [0.15, 0.2) is 0 Å². The summed E-state index contributed by atoms with van der Waals surface area (Å²) >= 11 is 0. The van der Waals surface area contributed by atoms with Crippen molar-refractivity contribution in [3.8, 4) is 0 Å². The smallest absolute Gasteiger partial charge is 0.126 e. The number of hydrogen-bond acceptors (Lipinski definition) is 2. The van der Waals surface area contributed by atoms with Crippen LogP contribution in [0.25, 0.3) is 0 Å². The molecule has 0 bridgehead atoms. The zero-order valence-corrected chi connectivity index (χ0v) is 13.9. The minimum atomic E-state index is -0.0923. The van der Waals surface area contributed by atoms with E-state index in [0.717, 1.165) is 38.1 Å². The van der Waals surface area contributed by atoms with Gasteiger partial charge in [-0.1, -0.05) is 39.0 Å². The van der Waals surface area contributed by atoms with E-state index in [1.807, 2.05) is 12.1 Å². The molecule has 0 aromatic heterocycles. The van der Waals surface area contributed by atoms with Crippen molar-refractivity contribution >= 4 is 0 Å². The molecule has 0 radical (unpaired) electrons. The quantitative estimate of drug-likeness (QED) is 0.707. The maximum absolute atomic E-state index is 13.9. The van der Waals surface area contributed by atoms with E-state index in [1.54, 1.807) is 19.2 Å².